The lowest BCUT2D eigenvalue weighted by Gasteiger charge is -2.13. The van der Waals surface area contributed by atoms with E-state index in [1.807, 2.05) is 24.8 Å². The van der Waals surface area contributed by atoms with E-state index in [0.29, 0.717) is 6.04 Å². The smallest absolute Gasteiger partial charge is 0.126 e. The Balaban J connectivity index is 1.92. The highest BCUT2D eigenvalue weighted by atomic mass is 32.2. The van der Waals surface area contributed by atoms with Crippen LogP contribution in [0.15, 0.2) is 18.2 Å². The van der Waals surface area contributed by atoms with Crippen LogP contribution >= 0.6 is 11.8 Å². The van der Waals surface area contributed by atoms with Crippen LogP contribution in [0.25, 0.3) is 0 Å². The predicted octanol–water partition coefficient (Wildman–Crippen LogP) is 3.09. The first-order valence-electron chi connectivity index (χ1n) is 5.51. The third-order valence-electron chi connectivity index (χ3n) is 2.96. The van der Waals surface area contributed by atoms with Crippen molar-refractivity contribution in [1.29, 1.82) is 0 Å². The molecule has 15 heavy (non-hydrogen) atoms. The molecule has 1 aromatic rings. The van der Waals surface area contributed by atoms with Gasteiger partial charge in [-0.2, -0.15) is 11.8 Å². The molecule has 0 aromatic carbocycles. The van der Waals surface area contributed by atoms with Crippen LogP contribution in [0.5, 0.6) is 0 Å². The van der Waals surface area contributed by atoms with Crippen molar-refractivity contribution >= 4 is 17.6 Å². The molecule has 2 nitrogen and oxygen atoms in total. The zero-order valence-electron chi connectivity index (χ0n) is 9.36. The first-order chi connectivity index (χ1) is 7.28. The number of aryl methyl sites for hydroxylation is 1. The van der Waals surface area contributed by atoms with Gasteiger partial charge in [-0.15, -0.1) is 0 Å². The SMILES string of the molecule is CS[C@H]1CC[C@H](Nc2cccc(C)n2)C1. The Morgan fingerprint density at radius 1 is 1.40 bits per heavy atom. The van der Waals surface area contributed by atoms with E-state index in [2.05, 4.69) is 28.7 Å². The van der Waals surface area contributed by atoms with Gasteiger partial charge in [0.2, 0.25) is 0 Å². The van der Waals surface area contributed by atoms with Crippen LogP contribution in [-0.4, -0.2) is 22.5 Å². The Hall–Kier alpha value is -0.700. The Bertz CT molecular complexity index is 327. The van der Waals surface area contributed by atoms with E-state index in [-0.39, 0.29) is 0 Å². The van der Waals surface area contributed by atoms with Crippen molar-refractivity contribution in [3.8, 4) is 0 Å². The zero-order valence-corrected chi connectivity index (χ0v) is 10.2. The minimum atomic E-state index is 0.622. The van der Waals surface area contributed by atoms with E-state index in [1.54, 1.807) is 0 Å². The van der Waals surface area contributed by atoms with Crippen LogP contribution in [0.3, 0.4) is 0 Å². The average molecular weight is 222 g/mol. The monoisotopic (exact) mass is 222 g/mol. The third-order valence-corrected chi connectivity index (χ3v) is 4.05. The fraction of sp³-hybridized carbons (Fsp3) is 0.583. The van der Waals surface area contributed by atoms with Crippen molar-refractivity contribution in [3.05, 3.63) is 23.9 Å². The van der Waals surface area contributed by atoms with Crippen LogP contribution in [0.4, 0.5) is 5.82 Å². The molecule has 0 saturated heterocycles. The number of rotatable bonds is 3. The molecule has 0 bridgehead atoms. The van der Waals surface area contributed by atoms with Crippen molar-refractivity contribution in [3.63, 3.8) is 0 Å². The molecule has 0 amide bonds. The molecule has 0 unspecified atom stereocenters. The van der Waals surface area contributed by atoms with Gasteiger partial charge in [0.25, 0.3) is 0 Å². The Morgan fingerprint density at radius 2 is 2.27 bits per heavy atom. The summed E-state index contributed by atoms with van der Waals surface area (Å²) >= 11 is 1.99. The van der Waals surface area contributed by atoms with Gasteiger partial charge in [-0.1, -0.05) is 6.07 Å². The molecule has 1 N–H and O–H groups in total. The molecule has 0 aliphatic heterocycles. The first-order valence-corrected chi connectivity index (χ1v) is 6.79. The number of aromatic nitrogens is 1. The molecular weight excluding hydrogens is 204 g/mol. The van der Waals surface area contributed by atoms with Crippen molar-refractivity contribution in [2.75, 3.05) is 11.6 Å². The second kappa shape index (κ2) is 4.88. The fourth-order valence-electron chi connectivity index (χ4n) is 2.12. The molecule has 1 heterocycles. The topological polar surface area (TPSA) is 24.9 Å². The van der Waals surface area contributed by atoms with Crippen molar-refractivity contribution in [2.45, 2.75) is 37.5 Å². The summed E-state index contributed by atoms with van der Waals surface area (Å²) < 4.78 is 0. The van der Waals surface area contributed by atoms with Crippen molar-refractivity contribution in [2.24, 2.45) is 0 Å². The molecule has 82 valence electrons. The number of pyridine rings is 1. The summed E-state index contributed by atoms with van der Waals surface area (Å²) in [5.41, 5.74) is 1.08. The highest BCUT2D eigenvalue weighted by molar-refractivity contribution is 7.99. The van der Waals surface area contributed by atoms with E-state index < -0.39 is 0 Å². The molecule has 1 aliphatic carbocycles. The second-order valence-electron chi connectivity index (χ2n) is 4.18. The van der Waals surface area contributed by atoms with E-state index in [1.165, 1.54) is 19.3 Å². The minimum absolute atomic E-state index is 0.622. The maximum absolute atomic E-state index is 4.47. The third kappa shape index (κ3) is 2.88. The first kappa shape index (κ1) is 10.8. The van der Waals surface area contributed by atoms with E-state index in [0.717, 1.165) is 16.8 Å². The lowest BCUT2D eigenvalue weighted by Crippen LogP contribution is -2.16. The highest BCUT2D eigenvalue weighted by Crippen LogP contribution is 2.29. The maximum Gasteiger partial charge on any atom is 0.126 e. The Kier molecular flexibility index (Phi) is 3.52. The molecule has 2 rings (SSSR count). The molecule has 1 aromatic heterocycles. The van der Waals surface area contributed by atoms with Gasteiger partial charge in [0, 0.05) is 17.0 Å². The molecular formula is C12H18N2S. The molecule has 1 aliphatic rings. The fourth-order valence-corrected chi connectivity index (χ4v) is 2.91. The number of hydrogen-bond acceptors (Lipinski definition) is 3. The minimum Gasteiger partial charge on any atom is -0.367 e. The largest absolute Gasteiger partial charge is 0.367 e. The number of anilines is 1. The molecule has 0 spiro atoms. The van der Waals surface area contributed by atoms with Crippen LogP contribution in [0.2, 0.25) is 0 Å². The number of thioether (sulfide) groups is 1. The summed E-state index contributed by atoms with van der Waals surface area (Å²) in [6.07, 6.45) is 6.10. The number of nitrogens with one attached hydrogen (secondary N) is 1. The summed E-state index contributed by atoms with van der Waals surface area (Å²) in [5.74, 6) is 1.03. The summed E-state index contributed by atoms with van der Waals surface area (Å²) in [5, 5.41) is 4.36. The lowest BCUT2D eigenvalue weighted by molar-refractivity contribution is 0.751. The Morgan fingerprint density at radius 3 is 2.93 bits per heavy atom. The Labute approximate surface area is 95.9 Å². The molecule has 1 saturated carbocycles. The molecule has 2 atom stereocenters. The van der Waals surface area contributed by atoms with E-state index in [4.69, 9.17) is 0 Å². The van der Waals surface area contributed by atoms with Crippen LogP contribution < -0.4 is 5.32 Å². The summed E-state index contributed by atoms with van der Waals surface area (Å²) in [7, 11) is 0. The quantitative estimate of drug-likeness (QED) is 0.850. The summed E-state index contributed by atoms with van der Waals surface area (Å²) in [6.45, 7) is 2.03. The van der Waals surface area contributed by atoms with Gasteiger partial charge in [0.1, 0.15) is 5.82 Å². The van der Waals surface area contributed by atoms with Gasteiger partial charge >= 0.3 is 0 Å². The summed E-state index contributed by atoms with van der Waals surface area (Å²) in [6, 6.07) is 6.77. The van der Waals surface area contributed by atoms with Gasteiger partial charge in [0.15, 0.2) is 0 Å². The van der Waals surface area contributed by atoms with Crippen molar-refractivity contribution in [1.82, 2.24) is 4.98 Å². The zero-order chi connectivity index (χ0) is 10.7. The van der Waals surface area contributed by atoms with Crippen LogP contribution in [0.1, 0.15) is 25.0 Å². The van der Waals surface area contributed by atoms with Gasteiger partial charge in [-0.3, -0.25) is 0 Å². The van der Waals surface area contributed by atoms with Gasteiger partial charge in [-0.05, 0) is 44.6 Å². The predicted molar refractivity (Wildman–Crippen MR) is 67.5 cm³/mol. The van der Waals surface area contributed by atoms with E-state index in [9.17, 15) is 0 Å². The van der Waals surface area contributed by atoms with Gasteiger partial charge < -0.3 is 5.32 Å². The second-order valence-corrected chi connectivity index (χ2v) is 5.31. The van der Waals surface area contributed by atoms with Gasteiger partial charge in [-0.25, -0.2) is 4.98 Å². The number of nitrogens with zero attached hydrogens (tertiary/aromatic N) is 1. The normalized spacial score (nSPS) is 25.5. The standard InChI is InChI=1S/C12H18N2S/c1-9-4-3-5-12(13-9)14-10-6-7-11(8-10)15-2/h3-5,10-11H,6-8H2,1-2H3,(H,13,14)/t10-,11-/m0/s1. The molecule has 1 fully saturated rings. The van der Waals surface area contributed by atoms with Crippen LogP contribution in [0, 0.1) is 6.92 Å². The van der Waals surface area contributed by atoms with Crippen molar-refractivity contribution < 1.29 is 0 Å². The molecule has 3 heteroatoms. The number of hydrogen-bond donors (Lipinski definition) is 1. The lowest BCUT2D eigenvalue weighted by atomic mass is 10.2. The maximum atomic E-state index is 4.47. The highest BCUT2D eigenvalue weighted by Gasteiger charge is 2.23. The van der Waals surface area contributed by atoms with Gasteiger partial charge in [0.05, 0.1) is 0 Å². The average Bonchev–Trinajstić information content (AvgIpc) is 2.65. The van der Waals surface area contributed by atoms with Crippen LogP contribution in [-0.2, 0) is 0 Å². The molecule has 0 radical (unpaired) electrons. The summed E-state index contributed by atoms with van der Waals surface area (Å²) in [4.78, 5) is 4.47. The van der Waals surface area contributed by atoms with E-state index >= 15 is 0 Å².